The van der Waals surface area contributed by atoms with Crippen LogP contribution in [0.15, 0.2) is 48.5 Å². The van der Waals surface area contributed by atoms with Crippen LogP contribution in [0.2, 0.25) is 0 Å². The van der Waals surface area contributed by atoms with Crippen molar-refractivity contribution in [3.05, 3.63) is 65.5 Å². The summed E-state index contributed by atoms with van der Waals surface area (Å²) in [4.78, 5) is 39.8. The molecule has 3 rings (SSSR count). The van der Waals surface area contributed by atoms with E-state index in [4.69, 9.17) is 0 Å². The Labute approximate surface area is 175 Å². The molecule has 0 unspecified atom stereocenters. The van der Waals surface area contributed by atoms with Gasteiger partial charge in [0, 0.05) is 38.3 Å². The Morgan fingerprint density at radius 1 is 0.933 bits per heavy atom. The predicted molar refractivity (Wildman–Crippen MR) is 112 cm³/mol. The maximum Gasteiger partial charge on any atom is 0.312 e. The van der Waals surface area contributed by atoms with Crippen molar-refractivity contribution in [3.8, 4) is 0 Å². The van der Waals surface area contributed by atoms with Gasteiger partial charge in [0.2, 0.25) is 5.91 Å². The molecule has 30 heavy (non-hydrogen) atoms. The first-order valence-corrected chi connectivity index (χ1v) is 10.2. The minimum atomic E-state index is -0.564. The van der Waals surface area contributed by atoms with Crippen molar-refractivity contribution >= 4 is 23.4 Å². The van der Waals surface area contributed by atoms with Gasteiger partial charge in [-0.15, -0.1) is 0 Å². The Morgan fingerprint density at radius 3 is 2.20 bits per heavy atom. The number of benzene rings is 2. The second-order valence-electron chi connectivity index (χ2n) is 7.35. The minimum absolute atomic E-state index is 0.118. The number of halogens is 1. The standard InChI is InChI=1S/C23H26FN3O3/c1-2-17-7-11-20(12-8-17)25-21(28)4-3-13-26-14-15-27(23(30)22(26)29)16-18-5-9-19(24)10-6-18/h5-12H,2-4,13-16H2,1H3,(H,25,28). The van der Waals surface area contributed by atoms with Crippen molar-refractivity contribution in [3.63, 3.8) is 0 Å². The molecular weight excluding hydrogens is 385 g/mol. The average molecular weight is 411 g/mol. The highest BCUT2D eigenvalue weighted by Crippen LogP contribution is 2.13. The zero-order chi connectivity index (χ0) is 21.5. The third kappa shape index (κ3) is 5.65. The van der Waals surface area contributed by atoms with Gasteiger partial charge < -0.3 is 15.1 Å². The van der Waals surface area contributed by atoms with Crippen molar-refractivity contribution in [2.24, 2.45) is 0 Å². The van der Waals surface area contributed by atoms with E-state index in [1.807, 2.05) is 24.3 Å². The van der Waals surface area contributed by atoms with E-state index < -0.39 is 11.8 Å². The lowest BCUT2D eigenvalue weighted by Crippen LogP contribution is -2.54. The van der Waals surface area contributed by atoms with E-state index in [-0.39, 0.29) is 24.7 Å². The lowest BCUT2D eigenvalue weighted by Gasteiger charge is -2.33. The Kier molecular flexibility index (Phi) is 7.17. The Morgan fingerprint density at radius 2 is 1.53 bits per heavy atom. The molecule has 6 nitrogen and oxygen atoms in total. The summed E-state index contributed by atoms with van der Waals surface area (Å²) < 4.78 is 13.0. The third-order valence-corrected chi connectivity index (χ3v) is 5.16. The summed E-state index contributed by atoms with van der Waals surface area (Å²) in [6, 6.07) is 13.6. The molecule has 1 aliphatic rings. The number of carbonyl (C=O) groups excluding carboxylic acids is 3. The second-order valence-corrected chi connectivity index (χ2v) is 7.35. The largest absolute Gasteiger partial charge is 0.333 e. The van der Waals surface area contributed by atoms with E-state index in [1.165, 1.54) is 27.5 Å². The van der Waals surface area contributed by atoms with Gasteiger partial charge in [-0.05, 0) is 48.2 Å². The Bertz CT molecular complexity index is 897. The predicted octanol–water partition coefficient (Wildman–Crippen LogP) is 2.98. The van der Waals surface area contributed by atoms with Crippen molar-refractivity contribution in [2.75, 3.05) is 25.0 Å². The highest BCUT2D eigenvalue weighted by Gasteiger charge is 2.32. The normalized spacial score (nSPS) is 14.2. The summed E-state index contributed by atoms with van der Waals surface area (Å²) in [5.41, 5.74) is 2.72. The van der Waals surface area contributed by atoms with Gasteiger partial charge in [-0.25, -0.2) is 4.39 Å². The number of carbonyl (C=O) groups is 3. The molecular formula is C23H26FN3O3. The SMILES string of the molecule is CCc1ccc(NC(=O)CCCN2CCN(Cc3ccc(F)cc3)C(=O)C2=O)cc1. The Hall–Kier alpha value is -3.22. The van der Waals surface area contributed by atoms with Crippen LogP contribution in [0.1, 0.15) is 30.9 Å². The number of nitrogens with zero attached hydrogens (tertiary/aromatic N) is 2. The molecule has 1 fully saturated rings. The molecule has 0 aliphatic carbocycles. The maximum absolute atomic E-state index is 13.0. The first kappa shape index (κ1) is 21.5. The van der Waals surface area contributed by atoms with Gasteiger partial charge in [0.05, 0.1) is 0 Å². The number of hydrogen-bond acceptors (Lipinski definition) is 3. The number of nitrogens with one attached hydrogen (secondary N) is 1. The number of amides is 3. The van der Waals surface area contributed by atoms with Gasteiger partial charge in [0.25, 0.3) is 0 Å². The van der Waals surface area contributed by atoms with Crippen LogP contribution in [0.5, 0.6) is 0 Å². The van der Waals surface area contributed by atoms with Crippen molar-refractivity contribution < 1.29 is 18.8 Å². The van der Waals surface area contributed by atoms with E-state index in [9.17, 15) is 18.8 Å². The molecule has 0 atom stereocenters. The van der Waals surface area contributed by atoms with Gasteiger partial charge in [0.1, 0.15) is 5.82 Å². The average Bonchev–Trinajstić information content (AvgIpc) is 2.75. The molecule has 1 N–H and O–H groups in total. The van der Waals surface area contributed by atoms with Crippen molar-refractivity contribution in [1.29, 1.82) is 0 Å². The summed E-state index contributed by atoms with van der Waals surface area (Å²) in [7, 11) is 0. The summed E-state index contributed by atoms with van der Waals surface area (Å²) in [5, 5.41) is 2.85. The zero-order valence-electron chi connectivity index (χ0n) is 17.1. The summed E-state index contributed by atoms with van der Waals surface area (Å²) in [5.74, 6) is -1.58. The lowest BCUT2D eigenvalue weighted by atomic mass is 10.1. The molecule has 0 spiro atoms. The first-order valence-electron chi connectivity index (χ1n) is 10.2. The number of rotatable bonds is 8. The Balaban J connectivity index is 1.42. The van der Waals surface area contributed by atoms with Crippen LogP contribution in [-0.2, 0) is 27.3 Å². The molecule has 158 valence electrons. The van der Waals surface area contributed by atoms with Gasteiger partial charge in [-0.3, -0.25) is 14.4 Å². The molecule has 7 heteroatoms. The van der Waals surface area contributed by atoms with Crippen molar-refractivity contribution in [2.45, 2.75) is 32.7 Å². The van der Waals surface area contributed by atoms with Gasteiger partial charge in [0.15, 0.2) is 0 Å². The van der Waals surface area contributed by atoms with E-state index in [1.54, 1.807) is 12.1 Å². The lowest BCUT2D eigenvalue weighted by molar-refractivity contribution is -0.156. The quantitative estimate of drug-likeness (QED) is 0.679. The fourth-order valence-corrected chi connectivity index (χ4v) is 3.37. The molecule has 3 amide bonds. The molecule has 1 heterocycles. The fourth-order valence-electron chi connectivity index (χ4n) is 3.37. The van der Waals surface area contributed by atoms with Crippen LogP contribution < -0.4 is 5.32 Å². The van der Waals surface area contributed by atoms with E-state index in [2.05, 4.69) is 12.2 Å². The van der Waals surface area contributed by atoms with Gasteiger partial charge in [-0.1, -0.05) is 31.2 Å². The number of anilines is 1. The maximum atomic E-state index is 13.0. The van der Waals surface area contributed by atoms with Crippen LogP contribution in [0, 0.1) is 5.82 Å². The zero-order valence-corrected chi connectivity index (χ0v) is 17.1. The van der Waals surface area contributed by atoms with E-state index in [0.29, 0.717) is 26.1 Å². The molecule has 1 aliphatic heterocycles. The number of aryl methyl sites for hydroxylation is 1. The van der Waals surface area contributed by atoms with Crippen LogP contribution in [0.25, 0.3) is 0 Å². The summed E-state index contributed by atoms with van der Waals surface area (Å²) >= 11 is 0. The smallest absolute Gasteiger partial charge is 0.312 e. The van der Waals surface area contributed by atoms with Crippen LogP contribution in [0.3, 0.4) is 0 Å². The van der Waals surface area contributed by atoms with Gasteiger partial charge in [-0.2, -0.15) is 0 Å². The topological polar surface area (TPSA) is 69.7 Å². The molecule has 0 saturated carbocycles. The number of piperazine rings is 1. The second kappa shape index (κ2) is 10.0. The monoisotopic (exact) mass is 411 g/mol. The highest BCUT2D eigenvalue weighted by molar-refractivity contribution is 6.35. The van der Waals surface area contributed by atoms with Crippen LogP contribution in [-0.4, -0.2) is 47.2 Å². The molecule has 2 aromatic rings. The summed E-state index contributed by atoms with van der Waals surface area (Å²) in [6.45, 7) is 3.54. The number of hydrogen-bond donors (Lipinski definition) is 1. The van der Waals surface area contributed by atoms with Crippen LogP contribution in [0.4, 0.5) is 10.1 Å². The molecule has 2 aromatic carbocycles. The molecule has 0 bridgehead atoms. The minimum Gasteiger partial charge on any atom is -0.333 e. The molecule has 0 radical (unpaired) electrons. The van der Waals surface area contributed by atoms with E-state index in [0.717, 1.165) is 17.7 Å². The third-order valence-electron chi connectivity index (χ3n) is 5.16. The highest BCUT2D eigenvalue weighted by atomic mass is 19.1. The first-order chi connectivity index (χ1) is 14.5. The summed E-state index contributed by atoms with van der Waals surface area (Å²) in [6.07, 6.45) is 1.70. The fraction of sp³-hybridized carbons (Fsp3) is 0.348. The molecule has 0 aromatic heterocycles. The molecule has 1 saturated heterocycles. The van der Waals surface area contributed by atoms with Crippen molar-refractivity contribution in [1.82, 2.24) is 9.80 Å². The van der Waals surface area contributed by atoms with Gasteiger partial charge >= 0.3 is 11.8 Å². The van der Waals surface area contributed by atoms with Crippen LogP contribution >= 0.6 is 0 Å². The van der Waals surface area contributed by atoms with E-state index >= 15 is 0 Å².